The van der Waals surface area contributed by atoms with E-state index >= 15 is 0 Å². The van der Waals surface area contributed by atoms with Gasteiger partial charge in [0.25, 0.3) is 0 Å². The van der Waals surface area contributed by atoms with Crippen molar-refractivity contribution in [3.05, 3.63) is 34.3 Å². The SMILES string of the molecule is CC(C(C)(C)C)C1(c2ccc(Br)cc2)CC1. The van der Waals surface area contributed by atoms with E-state index in [1.807, 2.05) is 0 Å². The molecule has 1 unspecified atom stereocenters. The first kappa shape index (κ1) is 12.2. The molecule has 1 heteroatoms. The van der Waals surface area contributed by atoms with Crippen molar-refractivity contribution in [2.45, 2.75) is 46.0 Å². The van der Waals surface area contributed by atoms with Crippen LogP contribution in [-0.4, -0.2) is 0 Å². The summed E-state index contributed by atoms with van der Waals surface area (Å²) in [4.78, 5) is 0. The van der Waals surface area contributed by atoms with Crippen LogP contribution in [0.1, 0.15) is 46.1 Å². The number of halogens is 1. The van der Waals surface area contributed by atoms with E-state index in [0.29, 0.717) is 10.8 Å². The molecule has 1 aliphatic carbocycles. The molecule has 16 heavy (non-hydrogen) atoms. The molecule has 0 nitrogen and oxygen atoms in total. The van der Waals surface area contributed by atoms with E-state index in [-0.39, 0.29) is 0 Å². The summed E-state index contributed by atoms with van der Waals surface area (Å²) in [5.41, 5.74) is 2.38. The first-order chi connectivity index (χ1) is 7.36. The van der Waals surface area contributed by atoms with Gasteiger partial charge in [0, 0.05) is 4.47 Å². The van der Waals surface area contributed by atoms with Gasteiger partial charge in [-0.2, -0.15) is 0 Å². The van der Waals surface area contributed by atoms with E-state index in [2.05, 4.69) is 67.9 Å². The summed E-state index contributed by atoms with van der Waals surface area (Å²) < 4.78 is 1.18. The lowest BCUT2D eigenvalue weighted by atomic mass is 9.69. The molecule has 0 N–H and O–H groups in total. The van der Waals surface area contributed by atoms with Gasteiger partial charge in [-0.3, -0.25) is 0 Å². The molecule has 0 aromatic heterocycles. The fraction of sp³-hybridized carbons (Fsp3) is 0.600. The van der Waals surface area contributed by atoms with E-state index in [0.717, 1.165) is 5.92 Å². The first-order valence-electron chi connectivity index (χ1n) is 6.12. The number of hydrogen-bond acceptors (Lipinski definition) is 0. The second kappa shape index (κ2) is 3.87. The van der Waals surface area contributed by atoms with Crippen molar-refractivity contribution in [2.24, 2.45) is 11.3 Å². The van der Waals surface area contributed by atoms with Crippen LogP contribution in [0.3, 0.4) is 0 Å². The Hall–Kier alpha value is -0.300. The highest BCUT2D eigenvalue weighted by atomic mass is 79.9. The molecule has 1 aromatic carbocycles. The van der Waals surface area contributed by atoms with Crippen LogP contribution < -0.4 is 0 Å². The van der Waals surface area contributed by atoms with Crippen molar-refractivity contribution >= 4 is 15.9 Å². The highest BCUT2D eigenvalue weighted by Gasteiger charge is 2.51. The van der Waals surface area contributed by atoms with E-state index in [9.17, 15) is 0 Å². The number of hydrogen-bond donors (Lipinski definition) is 0. The predicted molar refractivity (Wildman–Crippen MR) is 73.7 cm³/mol. The lowest BCUT2D eigenvalue weighted by Gasteiger charge is -2.35. The molecule has 0 heterocycles. The quantitative estimate of drug-likeness (QED) is 0.702. The van der Waals surface area contributed by atoms with Gasteiger partial charge in [-0.1, -0.05) is 55.8 Å². The summed E-state index contributed by atoms with van der Waals surface area (Å²) >= 11 is 3.51. The van der Waals surface area contributed by atoms with Crippen molar-refractivity contribution < 1.29 is 0 Å². The third kappa shape index (κ3) is 2.07. The van der Waals surface area contributed by atoms with E-state index in [1.54, 1.807) is 0 Å². The molecular formula is C15H21Br. The zero-order chi connectivity index (χ0) is 12.0. The Morgan fingerprint density at radius 2 is 1.62 bits per heavy atom. The Morgan fingerprint density at radius 1 is 1.12 bits per heavy atom. The van der Waals surface area contributed by atoms with Crippen molar-refractivity contribution in [3.8, 4) is 0 Å². The summed E-state index contributed by atoms with van der Waals surface area (Å²) in [6.45, 7) is 9.48. The minimum atomic E-state index is 0.392. The minimum absolute atomic E-state index is 0.392. The van der Waals surface area contributed by atoms with Gasteiger partial charge >= 0.3 is 0 Å². The van der Waals surface area contributed by atoms with Crippen LogP contribution in [-0.2, 0) is 5.41 Å². The van der Waals surface area contributed by atoms with Crippen molar-refractivity contribution in [2.75, 3.05) is 0 Å². The van der Waals surface area contributed by atoms with Gasteiger partial charge in [0.15, 0.2) is 0 Å². The van der Waals surface area contributed by atoms with Gasteiger partial charge in [0.1, 0.15) is 0 Å². The van der Waals surface area contributed by atoms with Crippen LogP contribution in [0.5, 0.6) is 0 Å². The van der Waals surface area contributed by atoms with Crippen LogP contribution in [0.15, 0.2) is 28.7 Å². The lowest BCUT2D eigenvalue weighted by molar-refractivity contribution is 0.207. The molecule has 1 saturated carbocycles. The third-order valence-corrected chi connectivity index (χ3v) is 4.86. The zero-order valence-corrected chi connectivity index (χ0v) is 12.3. The molecule has 2 rings (SSSR count). The minimum Gasteiger partial charge on any atom is -0.0612 e. The number of benzene rings is 1. The Balaban J connectivity index is 2.30. The van der Waals surface area contributed by atoms with Gasteiger partial charge in [-0.05, 0) is 47.3 Å². The molecule has 88 valence electrons. The van der Waals surface area contributed by atoms with E-state index in [4.69, 9.17) is 0 Å². The summed E-state index contributed by atoms with van der Waals surface area (Å²) in [5, 5.41) is 0. The fourth-order valence-electron chi connectivity index (χ4n) is 2.72. The summed E-state index contributed by atoms with van der Waals surface area (Å²) in [6.07, 6.45) is 2.71. The maximum absolute atomic E-state index is 3.51. The maximum atomic E-state index is 3.51. The molecule has 1 fully saturated rings. The van der Waals surface area contributed by atoms with Crippen LogP contribution in [0.25, 0.3) is 0 Å². The zero-order valence-electron chi connectivity index (χ0n) is 10.7. The molecule has 0 aliphatic heterocycles. The molecule has 0 saturated heterocycles. The van der Waals surface area contributed by atoms with Gasteiger partial charge in [-0.25, -0.2) is 0 Å². The Kier molecular flexibility index (Phi) is 2.94. The van der Waals surface area contributed by atoms with Crippen LogP contribution in [0.2, 0.25) is 0 Å². The average Bonchev–Trinajstić information content (AvgIpc) is 2.97. The van der Waals surface area contributed by atoms with Crippen molar-refractivity contribution in [3.63, 3.8) is 0 Å². The van der Waals surface area contributed by atoms with E-state index in [1.165, 1.54) is 22.9 Å². The van der Waals surface area contributed by atoms with Gasteiger partial charge in [0.2, 0.25) is 0 Å². The van der Waals surface area contributed by atoms with Gasteiger partial charge in [-0.15, -0.1) is 0 Å². The second-order valence-electron chi connectivity index (χ2n) is 6.25. The van der Waals surface area contributed by atoms with Crippen molar-refractivity contribution in [1.29, 1.82) is 0 Å². The van der Waals surface area contributed by atoms with E-state index < -0.39 is 0 Å². The average molecular weight is 281 g/mol. The molecule has 1 aromatic rings. The largest absolute Gasteiger partial charge is 0.0612 e. The number of rotatable bonds is 2. The Labute approximate surface area is 108 Å². The third-order valence-electron chi connectivity index (χ3n) is 4.34. The fourth-order valence-corrected chi connectivity index (χ4v) is 2.98. The molecule has 1 aliphatic rings. The van der Waals surface area contributed by atoms with Gasteiger partial charge < -0.3 is 0 Å². The summed E-state index contributed by atoms with van der Waals surface area (Å²) in [7, 11) is 0. The molecule has 0 bridgehead atoms. The van der Waals surface area contributed by atoms with Crippen molar-refractivity contribution in [1.82, 2.24) is 0 Å². The smallest absolute Gasteiger partial charge is 0.0175 e. The normalized spacial score (nSPS) is 20.6. The molecule has 1 atom stereocenters. The highest BCUT2D eigenvalue weighted by molar-refractivity contribution is 9.10. The standard InChI is InChI=1S/C15H21Br/c1-11(14(2,3)4)15(9-10-15)12-5-7-13(16)8-6-12/h5-8,11H,9-10H2,1-4H3. The van der Waals surface area contributed by atoms with Crippen LogP contribution >= 0.6 is 15.9 Å². The predicted octanol–water partition coefficient (Wildman–Crippen LogP) is 5.16. The van der Waals surface area contributed by atoms with Crippen LogP contribution in [0, 0.1) is 11.3 Å². The Bertz CT molecular complexity index is 365. The van der Waals surface area contributed by atoms with Gasteiger partial charge in [0.05, 0.1) is 0 Å². The maximum Gasteiger partial charge on any atom is 0.0175 e. The summed E-state index contributed by atoms with van der Waals surface area (Å²) in [6, 6.07) is 8.92. The summed E-state index contributed by atoms with van der Waals surface area (Å²) in [5.74, 6) is 0.737. The molecule has 0 radical (unpaired) electrons. The Morgan fingerprint density at radius 3 is 2.00 bits per heavy atom. The molecule has 0 amide bonds. The highest BCUT2D eigenvalue weighted by Crippen LogP contribution is 2.58. The van der Waals surface area contributed by atoms with Crippen LogP contribution in [0.4, 0.5) is 0 Å². The first-order valence-corrected chi connectivity index (χ1v) is 6.92. The topological polar surface area (TPSA) is 0 Å². The molecular weight excluding hydrogens is 260 g/mol. The molecule has 0 spiro atoms. The monoisotopic (exact) mass is 280 g/mol. The second-order valence-corrected chi connectivity index (χ2v) is 7.17. The lowest BCUT2D eigenvalue weighted by Crippen LogP contribution is -2.29.